The standard InChI is InChI=1S/C12H21N3OS/c1-8(2)9-6-10(15-14-9)13-11(16)7-17-12(3,4)5/h6,8H,7H2,1-5H3,(H2,13,14,15,16). The molecular formula is C12H21N3OS. The van der Waals surface area contributed by atoms with Crippen molar-refractivity contribution in [1.82, 2.24) is 10.2 Å². The van der Waals surface area contributed by atoms with Gasteiger partial charge < -0.3 is 5.32 Å². The summed E-state index contributed by atoms with van der Waals surface area (Å²) in [6.45, 7) is 10.4. The number of hydrogen-bond acceptors (Lipinski definition) is 3. The van der Waals surface area contributed by atoms with E-state index in [2.05, 4.69) is 50.1 Å². The largest absolute Gasteiger partial charge is 0.308 e. The molecule has 0 aliphatic carbocycles. The van der Waals surface area contributed by atoms with E-state index in [0.29, 0.717) is 17.5 Å². The van der Waals surface area contributed by atoms with E-state index in [0.717, 1.165) is 5.69 Å². The van der Waals surface area contributed by atoms with Crippen LogP contribution in [0.1, 0.15) is 46.2 Å². The Morgan fingerprint density at radius 3 is 2.65 bits per heavy atom. The lowest BCUT2D eigenvalue weighted by Gasteiger charge is -2.16. The van der Waals surface area contributed by atoms with Gasteiger partial charge in [0.2, 0.25) is 5.91 Å². The number of H-pyrrole nitrogens is 1. The van der Waals surface area contributed by atoms with Gasteiger partial charge in [-0.3, -0.25) is 9.89 Å². The number of aromatic amines is 1. The Morgan fingerprint density at radius 1 is 1.53 bits per heavy atom. The number of rotatable bonds is 4. The lowest BCUT2D eigenvalue weighted by atomic mass is 10.1. The van der Waals surface area contributed by atoms with Gasteiger partial charge in [-0.05, 0) is 5.92 Å². The summed E-state index contributed by atoms with van der Waals surface area (Å²) in [7, 11) is 0. The molecule has 0 saturated carbocycles. The van der Waals surface area contributed by atoms with Gasteiger partial charge in [0.15, 0.2) is 5.82 Å². The highest BCUT2D eigenvalue weighted by Crippen LogP contribution is 2.23. The van der Waals surface area contributed by atoms with Crippen LogP contribution in [0.5, 0.6) is 0 Å². The van der Waals surface area contributed by atoms with Gasteiger partial charge in [-0.2, -0.15) is 5.10 Å². The predicted molar refractivity (Wildman–Crippen MR) is 73.5 cm³/mol. The van der Waals surface area contributed by atoms with Gasteiger partial charge >= 0.3 is 0 Å². The van der Waals surface area contributed by atoms with Crippen molar-refractivity contribution in [2.75, 3.05) is 11.1 Å². The molecule has 4 nitrogen and oxygen atoms in total. The molecule has 0 saturated heterocycles. The Hall–Kier alpha value is -0.970. The normalized spacial score (nSPS) is 11.9. The minimum Gasteiger partial charge on any atom is -0.308 e. The summed E-state index contributed by atoms with van der Waals surface area (Å²) < 4.78 is 0.103. The monoisotopic (exact) mass is 255 g/mol. The number of thioether (sulfide) groups is 1. The molecule has 0 radical (unpaired) electrons. The Balaban J connectivity index is 2.45. The summed E-state index contributed by atoms with van der Waals surface area (Å²) in [6, 6.07) is 1.88. The van der Waals surface area contributed by atoms with Crippen molar-refractivity contribution in [1.29, 1.82) is 0 Å². The van der Waals surface area contributed by atoms with E-state index < -0.39 is 0 Å². The second kappa shape index (κ2) is 5.58. The smallest absolute Gasteiger partial charge is 0.235 e. The molecule has 0 aromatic carbocycles. The maximum absolute atomic E-state index is 11.7. The molecule has 0 spiro atoms. The summed E-state index contributed by atoms with van der Waals surface area (Å²) >= 11 is 1.62. The van der Waals surface area contributed by atoms with Crippen molar-refractivity contribution in [2.45, 2.75) is 45.3 Å². The van der Waals surface area contributed by atoms with Crippen molar-refractivity contribution in [2.24, 2.45) is 0 Å². The summed E-state index contributed by atoms with van der Waals surface area (Å²) in [6.07, 6.45) is 0. The number of aromatic nitrogens is 2. The van der Waals surface area contributed by atoms with Gasteiger partial charge in [-0.25, -0.2) is 0 Å². The Morgan fingerprint density at radius 2 is 2.18 bits per heavy atom. The van der Waals surface area contributed by atoms with Crippen LogP contribution < -0.4 is 5.32 Å². The molecule has 0 aliphatic rings. The van der Waals surface area contributed by atoms with Crippen molar-refractivity contribution >= 4 is 23.5 Å². The fourth-order valence-corrected chi connectivity index (χ4v) is 1.79. The zero-order chi connectivity index (χ0) is 13.1. The van der Waals surface area contributed by atoms with E-state index in [4.69, 9.17) is 0 Å². The first-order valence-electron chi connectivity index (χ1n) is 5.77. The van der Waals surface area contributed by atoms with Gasteiger partial charge in [-0.15, -0.1) is 11.8 Å². The number of amides is 1. The zero-order valence-corrected chi connectivity index (χ0v) is 11.9. The highest BCUT2D eigenvalue weighted by molar-refractivity contribution is 8.01. The SMILES string of the molecule is CC(C)c1cc(NC(=O)CSC(C)(C)C)n[nH]1. The Bertz CT molecular complexity index is 379. The summed E-state index contributed by atoms with van der Waals surface area (Å²) in [5.41, 5.74) is 1.03. The molecule has 0 fully saturated rings. The molecule has 0 aliphatic heterocycles. The number of nitrogens with zero attached hydrogens (tertiary/aromatic N) is 1. The molecule has 0 unspecified atom stereocenters. The molecule has 1 heterocycles. The molecule has 0 bridgehead atoms. The molecule has 1 aromatic rings. The number of carbonyl (C=O) groups is 1. The molecule has 1 amide bonds. The van der Waals surface area contributed by atoms with E-state index in [-0.39, 0.29) is 10.7 Å². The van der Waals surface area contributed by atoms with Crippen molar-refractivity contribution < 1.29 is 4.79 Å². The predicted octanol–water partition coefficient (Wildman–Crippen LogP) is 3.00. The highest BCUT2D eigenvalue weighted by atomic mass is 32.2. The summed E-state index contributed by atoms with van der Waals surface area (Å²) in [5.74, 6) is 1.44. The Kier molecular flexibility index (Phi) is 4.62. The third-order valence-electron chi connectivity index (χ3n) is 2.12. The van der Waals surface area contributed by atoms with E-state index in [1.807, 2.05) is 6.07 Å². The first kappa shape index (κ1) is 14.1. The first-order valence-corrected chi connectivity index (χ1v) is 6.75. The maximum Gasteiger partial charge on any atom is 0.235 e. The number of anilines is 1. The fourth-order valence-electron chi connectivity index (χ4n) is 1.16. The first-order chi connectivity index (χ1) is 7.78. The quantitative estimate of drug-likeness (QED) is 0.869. The van der Waals surface area contributed by atoms with E-state index in [9.17, 15) is 4.79 Å². The van der Waals surface area contributed by atoms with E-state index in [1.54, 1.807) is 11.8 Å². The highest BCUT2D eigenvalue weighted by Gasteiger charge is 2.14. The third-order valence-corrected chi connectivity index (χ3v) is 3.40. The summed E-state index contributed by atoms with van der Waals surface area (Å²) in [4.78, 5) is 11.7. The molecule has 1 rings (SSSR count). The van der Waals surface area contributed by atoms with Gasteiger partial charge in [-0.1, -0.05) is 34.6 Å². The molecule has 17 heavy (non-hydrogen) atoms. The minimum atomic E-state index is -0.00766. The Labute approximate surface area is 107 Å². The van der Waals surface area contributed by atoms with Crippen LogP contribution in [0.25, 0.3) is 0 Å². The zero-order valence-electron chi connectivity index (χ0n) is 11.1. The van der Waals surface area contributed by atoms with Crippen LogP contribution in [0.4, 0.5) is 5.82 Å². The lowest BCUT2D eigenvalue weighted by molar-refractivity contribution is -0.113. The number of nitrogens with one attached hydrogen (secondary N) is 2. The molecular weight excluding hydrogens is 234 g/mol. The second-order valence-corrected chi connectivity index (χ2v) is 7.11. The van der Waals surface area contributed by atoms with Gasteiger partial charge in [0.1, 0.15) is 0 Å². The fraction of sp³-hybridized carbons (Fsp3) is 0.667. The van der Waals surface area contributed by atoms with Crippen LogP contribution in [0.3, 0.4) is 0 Å². The number of carbonyl (C=O) groups excluding carboxylic acids is 1. The molecule has 2 N–H and O–H groups in total. The van der Waals surface area contributed by atoms with Gasteiger partial charge in [0.25, 0.3) is 0 Å². The average molecular weight is 255 g/mol. The van der Waals surface area contributed by atoms with Crippen LogP contribution in [0.15, 0.2) is 6.07 Å². The number of hydrogen-bond donors (Lipinski definition) is 2. The van der Waals surface area contributed by atoms with Crippen LogP contribution >= 0.6 is 11.8 Å². The second-order valence-electron chi connectivity index (χ2n) is 5.31. The van der Waals surface area contributed by atoms with Gasteiger partial charge in [0.05, 0.1) is 5.75 Å². The topological polar surface area (TPSA) is 57.8 Å². The third kappa shape index (κ3) is 5.26. The molecule has 1 aromatic heterocycles. The van der Waals surface area contributed by atoms with E-state index in [1.165, 1.54) is 0 Å². The maximum atomic E-state index is 11.7. The molecule has 5 heteroatoms. The van der Waals surface area contributed by atoms with E-state index >= 15 is 0 Å². The molecule has 96 valence electrons. The minimum absolute atomic E-state index is 0.00766. The van der Waals surface area contributed by atoms with Crippen LogP contribution in [-0.4, -0.2) is 26.6 Å². The van der Waals surface area contributed by atoms with Crippen molar-refractivity contribution in [3.05, 3.63) is 11.8 Å². The lowest BCUT2D eigenvalue weighted by Crippen LogP contribution is -2.19. The van der Waals surface area contributed by atoms with Crippen LogP contribution in [0.2, 0.25) is 0 Å². The van der Waals surface area contributed by atoms with Crippen molar-refractivity contribution in [3.63, 3.8) is 0 Å². The van der Waals surface area contributed by atoms with Crippen LogP contribution in [-0.2, 0) is 4.79 Å². The van der Waals surface area contributed by atoms with Crippen LogP contribution in [0, 0.1) is 0 Å². The average Bonchev–Trinajstić information content (AvgIpc) is 2.62. The van der Waals surface area contributed by atoms with Gasteiger partial charge in [0, 0.05) is 16.5 Å². The van der Waals surface area contributed by atoms with Crippen molar-refractivity contribution in [3.8, 4) is 0 Å². The molecule has 0 atom stereocenters. The summed E-state index contributed by atoms with van der Waals surface area (Å²) in [5, 5.41) is 9.75.